The van der Waals surface area contributed by atoms with E-state index in [4.69, 9.17) is 9.47 Å². The number of thiazole rings is 1. The SMILES string of the molecule is COc1ccc2nc(N3C(=O)C(=O)C(=C(O)c4ccc5c(c4)C[C@@H](C)O5)[C@@H]3c3cccc(Br)c3)sc2c1. The molecule has 3 heterocycles. The maximum absolute atomic E-state index is 13.5. The number of rotatable bonds is 4. The second-order valence-corrected chi connectivity index (χ2v) is 10.9. The van der Waals surface area contributed by atoms with Gasteiger partial charge in [0.05, 0.1) is 28.9 Å². The van der Waals surface area contributed by atoms with Crippen molar-refractivity contribution in [2.45, 2.75) is 25.5 Å². The van der Waals surface area contributed by atoms with E-state index >= 15 is 0 Å². The molecule has 0 saturated carbocycles. The normalized spacial score (nSPS) is 20.4. The maximum atomic E-state index is 13.5. The summed E-state index contributed by atoms with van der Waals surface area (Å²) in [5.41, 5.74) is 2.79. The lowest BCUT2D eigenvalue weighted by atomic mass is 9.94. The minimum atomic E-state index is -0.858. The molecule has 7 nitrogen and oxygen atoms in total. The average molecular weight is 577 g/mol. The molecule has 9 heteroatoms. The molecule has 4 aromatic rings. The van der Waals surface area contributed by atoms with Crippen molar-refractivity contribution in [3.63, 3.8) is 0 Å². The molecule has 0 aliphatic carbocycles. The Bertz CT molecular complexity index is 1630. The van der Waals surface area contributed by atoms with Crippen LogP contribution in [0, 0.1) is 0 Å². The van der Waals surface area contributed by atoms with Crippen LogP contribution in [0.15, 0.2) is 70.7 Å². The van der Waals surface area contributed by atoms with Crippen molar-refractivity contribution in [2.75, 3.05) is 12.0 Å². The maximum Gasteiger partial charge on any atom is 0.301 e. The monoisotopic (exact) mass is 576 g/mol. The van der Waals surface area contributed by atoms with E-state index in [2.05, 4.69) is 20.9 Å². The highest BCUT2D eigenvalue weighted by Gasteiger charge is 2.48. The van der Waals surface area contributed by atoms with Gasteiger partial charge in [0, 0.05) is 16.5 Å². The summed E-state index contributed by atoms with van der Waals surface area (Å²) in [7, 11) is 1.58. The van der Waals surface area contributed by atoms with Crippen molar-refractivity contribution in [1.29, 1.82) is 0 Å². The molecular formula is C28H21BrN2O5S. The van der Waals surface area contributed by atoms with Crippen molar-refractivity contribution in [3.05, 3.63) is 87.4 Å². The number of halogens is 1. The Balaban J connectivity index is 1.53. The average Bonchev–Trinajstić information content (AvgIpc) is 3.55. The van der Waals surface area contributed by atoms with Crippen LogP contribution < -0.4 is 14.4 Å². The fourth-order valence-corrected chi connectivity index (χ4v) is 6.31. The Morgan fingerprint density at radius 2 is 2.00 bits per heavy atom. The van der Waals surface area contributed by atoms with E-state index in [1.807, 2.05) is 49.4 Å². The molecule has 1 N–H and O–H groups in total. The van der Waals surface area contributed by atoms with Crippen LogP contribution in [0.25, 0.3) is 16.0 Å². The van der Waals surface area contributed by atoms with E-state index < -0.39 is 17.7 Å². The smallest absolute Gasteiger partial charge is 0.301 e. The van der Waals surface area contributed by atoms with Crippen LogP contribution in [-0.2, 0) is 16.0 Å². The van der Waals surface area contributed by atoms with Crippen molar-refractivity contribution < 1.29 is 24.2 Å². The van der Waals surface area contributed by atoms with E-state index in [1.54, 1.807) is 25.3 Å². The number of ether oxygens (including phenoxy) is 2. The second-order valence-electron chi connectivity index (χ2n) is 9.01. The van der Waals surface area contributed by atoms with E-state index in [0.717, 1.165) is 20.5 Å². The van der Waals surface area contributed by atoms with Crippen LogP contribution in [-0.4, -0.2) is 35.0 Å². The minimum absolute atomic E-state index is 0.0202. The van der Waals surface area contributed by atoms with Crippen molar-refractivity contribution in [2.24, 2.45) is 0 Å². The molecule has 1 fully saturated rings. The number of hydrogen-bond acceptors (Lipinski definition) is 7. The lowest BCUT2D eigenvalue weighted by molar-refractivity contribution is -0.132. The van der Waals surface area contributed by atoms with Gasteiger partial charge in [0.2, 0.25) is 0 Å². The number of aromatic nitrogens is 1. The molecule has 0 radical (unpaired) electrons. The summed E-state index contributed by atoms with van der Waals surface area (Å²) in [4.78, 5) is 33.0. The Kier molecular flexibility index (Phi) is 5.77. The Hall–Kier alpha value is -3.69. The van der Waals surface area contributed by atoms with Crippen LogP contribution in [0.2, 0.25) is 0 Å². The number of ketones is 1. The number of aliphatic hydroxyl groups excluding tert-OH is 1. The molecule has 1 saturated heterocycles. The van der Waals surface area contributed by atoms with Gasteiger partial charge in [-0.25, -0.2) is 4.98 Å². The van der Waals surface area contributed by atoms with Crippen molar-refractivity contribution in [1.82, 2.24) is 4.98 Å². The topological polar surface area (TPSA) is 89.0 Å². The third-order valence-electron chi connectivity index (χ3n) is 6.57. The van der Waals surface area contributed by atoms with Crippen molar-refractivity contribution in [3.8, 4) is 11.5 Å². The van der Waals surface area contributed by atoms with Gasteiger partial charge >= 0.3 is 5.91 Å². The number of nitrogens with zero attached hydrogens (tertiary/aromatic N) is 2. The van der Waals surface area contributed by atoms with E-state index in [0.29, 0.717) is 33.9 Å². The number of aliphatic hydroxyl groups is 1. The lowest BCUT2D eigenvalue weighted by Gasteiger charge is -2.23. The first-order valence-corrected chi connectivity index (χ1v) is 13.3. The molecule has 6 rings (SSSR count). The number of benzene rings is 3. The summed E-state index contributed by atoms with van der Waals surface area (Å²) >= 11 is 4.78. The largest absolute Gasteiger partial charge is 0.507 e. The summed E-state index contributed by atoms with van der Waals surface area (Å²) in [6, 6.07) is 17.3. The number of carbonyl (C=O) groups is 2. The summed E-state index contributed by atoms with van der Waals surface area (Å²) in [6.07, 6.45) is 0.743. The number of Topliss-reactive ketones (excluding diaryl/α,β-unsaturated/α-hetero) is 1. The van der Waals surface area contributed by atoms with Gasteiger partial charge in [-0.15, -0.1) is 0 Å². The number of hydrogen-bond donors (Lipinski definition) is 1. The van der Waals surface area contributed by atoms with E-state index in [-0.39, 0.29) is 17.4 Å². The summed E-state index contributed by atoms with van der Waals surface area (Å²) in [5, 5.41) is 11.8. The first-order chi connectivity index (χ1) is 17.8. The lowest BCUT2D eigenvalue weighted by Crippen LogP contribution is -2.29. The summed E-state index contributed by atoms with van der Waals surface area (Å²) < 4.78 is 12.7. The molecule has 0 spiro atoms. The fourth-order valence-electron chi connectivity index (χ4n) is 4.87. The first-order valence-electron chi connectivity index (χ1n) is 11.6. The van der Waals surface area contributed by atoms with Crippen LogP contribution in [0.3, 0.4) is 0 Å². The molecule has 1 aromatic heterocycles. The predicted octanol–water partition coefficient (Wildman–Crippen LogP) is 6.02. The van der Waals surface area contributed by atoms with Crippen LogP contribution in [0.1, 0.15) is 29.7 Å². The first kappa shape index (κ1) is 23.7. The molecule has 0 unspecified atom stereocenters. The molecule has 0 bridgehead atoms. The van der Waals surface area contributed by atoms with E-state index in [9.17, 15) is 14.7 Å². The molecule has 2 atom stereocenters. The Morgan fingerprint density at radius 1 is 1.16 bits per heavy atom. The number of amides is 1. The van der Waals surface area contributed by atoms with Crippen LogP contribution >= 0.6 is 27.3 Å². The standard InChI is InChI=1S/C28H21BrN2O5S/c1-14-10-17-11-16(6-9-21(17)36-14)25(32)23-24(15-4-3-5-18(29)12-15)31(27(34)26(23)33)28-30-20-8-7-19(35-2)13-22(20)37-28/h3-9,11-14,24,32H,10H2,1-2H3/t14-,24+/m1/s1. The number of anilines is 1. The van der Waals surface area contributed by atoms with Gasteiger partial charge < -0.3 is 14.6 Å². The quantitative estimate of drug-likeness (QED) is 0.181. The number of fused-ring (bicyclic) bond motifs is 2. The van der Waals surface area contributed by atoms with Gasteiger partial charge in [0.15, 0.2) is 5.13 Å². The highest BCUT2D eigenvalue weighted by atomic mass is 79.9. The summed E-state index contributed by atoms with van der Waals surface area (Å²) in [6.45, 7) is 1.98. The predicted molar refractivity (Wildman–Crippen MR) is 145 cm³/mol. The Labute approximate surface area is 225 Å². The molecule has 186 valence electrons. The van der Waals surface area contributed by atoms with Gasteiger partial charge in [-0.2, -0.15) is 0 Å². The van der Waals surface area contributed by atoms with Gasteiger partial charge in [-0.3, -0.25) is 14.5 Å². The molecular weight excluding hydrogens is 556 g/mol. The van der Waals surface area contributed by atoms with Gasteiger partial charge in [-0.05, 0) is 66.6 Å². The molecule has 37 heavy (non-hydrogen) atoms. The minimum Gasteiger partial charge on any atom is -0.507 e. The van der Waals surface area contributed by atoms with Gasteiger partial charge in [0.1, 0.15) is 23.4 Å². The molecule has 2 aliphatic heterocycles. The second kappa shape index (κ2) is 9.00. The highest BCUT2D eigenvalue weighted by molar-refractivity contribution is 9.10. The third-order valence-corrected chi connectivity index (χ3v) is 8.08. The third kappa shape index (κ3) is 3.98. The molecule has 1 amide bonds. The number of methoxy groups -OCH3 is 1. The molecule has 2 aliphatic rings. The van der Waals surface area contributed by atoms with Crippen LogP contribution in [0.5, 0.6) is 11.5 Å². The fraction of sp³-hybridized carbons (Fsp3) is 0.179. The summed E-state index contributed by atoms with van der Waals surface area (Å²) in [5.74, 6) is -0.294. The van der Waals surface area contributed by atoms with Crippen LogP contribution in [0.4, 0.5) is 5.13 Å². The zero-order chi connectivity index (χ0) is 25.8. The molecule has 3 aromatic carbocycles. The zero-order valence-corrected chi connectivity index (χ0v) is 22.3. The Morgan fingerprint density at radius 3 is 2.78 bits per heavy atom. The zero-order valence-electron chi connectivity index (χ0n) is 19.9. The van der Waals surface area contributed by atoms with E-state index in [1.165, 1.54) is 16.2 Å². The highest BCUT2D eigenvalue weighted by Crippen LogP contribution is 2.45. The van der Waals surface area contributed by atoms with Crippen molar-refractivity contribution >= 4 is 60.1 Å². The van der Waals surface area contributed by atoms with Gasteiger partial charge in [0.25, 0.3) is 5.78 Å². The van der Waals surface area contributed by atoms with Gasteiger partial charge in [-0.1, -0.05) is 39.4 Å². The number of carbonyl (C=O) groups excluding carboxylic acids is 2.